The molecule has 0 unspecified atom stereocenters. The van der Waals surface area contributed by atoms with Crippen molar-refractivity contribution in [1.29, 1.82) is 0 Å². The van der Waals surface area contributed by atoms with Gasteiger partial charge in [0.15, 0.2) is 18.1 Å². The fourth-order valence-corrected chi connectivity index (χ4v) is 2.54. The van der Waals surface area contributed by atoms with E-state index >= 15 is 0 Å². The predicted octanol–water partition coefficient (Wildman–Crippen LogP) is 4.14. The van der Waals surface area contributed by atoms with Gasteiger partial charge >= 0.3 is 0 Å². The molecule has 0 saturated carbocycles. The van der Waals surface area contributed by atoms with Gasteiger partial charge in [0.2, 0.25) is 0 Å². The van der Waals surface area contributed by atoms with Crippen LogP contribution in [0.3, 0.4) is 0 Å². The summed E-state index contributed by atoms with van der Waals surface area (Å²) in [5.74, 6) is 0.117. The topological polar surface area (TPSA) is 64.6 Å². The van der Waals surface area contributed by atoms with Gasteiger partial charge in [0, 0.05) is 16.3 Å². The number of halogens is 2. The van der Waals surface area contributed by atoms with Crippen LogP contribution in [-0.4, -0.2) is 25.9 Å². The Labute approximate surface area is 149 Å². The van der Waals surface area contributed by atoms with Gasteiger partial charge in [0.1, 0.15) is 6.29 Å². The maximum Gasteiger partial charge on any atom is 0.262 e. The molecule has 0 saturated heterocycles. The molecule has 0 aliphatic heterocycles. The third kappa shape index (κ3) is 4.40. The molecule has 2 aromatic rings. The second-order valence-corrected chi connectivity index (χ2v) is 5.79. The molecule has 0 aliphatic carbocycles. The molecule has 7 heteroatoms. The van der Waals surface area contributed by atoms with Crippen LogP contribution in [0.2, 0.25) is 10.0 Å². The number of nitrogens with one attached hydrogen (secondary N) is 1. The van der Waals surface area contributed by atoms with Crippen molar-refractivity contribution in [2.45, 2.75) is 6.92 Å². The van der Waals surface area contributed by atoms with E-state index in [9.17, 15) is 9.59 Å². The number of aldehydes is 1. The number of aryl methyl sites for hydroxylation is 1. The highest BCUT2D eigenvalue weighted by atomic mass is 35.5. The molecular weight excluding hydrogens is 353 g/mol. The molecule has 24 heavy (non-hydrogen) atoms. The number of ether oxygens (including phenoxy) is 2. The van der Waals surface area contributed by atoms with Gasteiger partial charge in [0.05, 0.1) is 12.1 Å². The van der Waals surface area contributed by atoms with Crippen LogP contribution in [0.15, 0.2) is 30.3 Å². The number of rotatable bonds is 6. The molecule has 0 heterocycles. The summed E-state index contributed by atoms with van der Waals surface area (Å²) in [5.41, 5.74) is 1.83. The van der Waals surface area contributed by atoms with Crippen LogP contribution in [0.1, 0.15) is 15.9 Å². The van der Waals surface area contributed by atoms with Gasteiger partial charge < -0.3 is 14.8 Å². The molecule has 0 spiro atoms. The van der Waals surface area contributed by atoms with Gasteiger partial charge in [-0.15, -0.1) is 0 Å². The van der Waals surface area contributed by atoms with Crippen molar-refractivity contribution in [3.05, 3.63) is 51.5 Å². The van der Waals surface area contributed by atoms with E-state index in [1.54, 1.807) is 18.2 Å². The Morgan fingerprint density at radius 2 is 2.00 bits per heavy atom. The van der Waals surface area contributed by atoms with Gasteiger partial charge in [-0.05, 0) is 42.8 Å². The zero-order valence-electron chi connectivity index (χ0n) is 13.1. The number of hydrogen-bond donors (Lipinski definition) is 1. The van der Waals surface area contributed by atoms with Gasteiger partial charge in [-0.3, -0.25) is 9.59 Å². The minimum Gasteiger partial charge on any atom is -0.493 e. The monoisotopic (exact) mass is 367 g/mol. The first-order valence-electron chi connectivity index (χ1n) is 6.96. The number of amides is 1. The second kappa shape index (κ2) is 8.04. The lowest BCUT2D eigenvalue weighted by Gasteiger charge is -2.13. The minimum atomic E-state index is -0.363. The van der Waals surface area contributed by atoms with Crippen LogP contribution >= 0.6 is 23.2 Å². The Hall–Kier alpha value is -2.24. The summed E-state index contributed by atoms with van der Waals surface area (Å²) < 4.78 is 10.6. The number of carbonyl (C=O) groups excluding carboxylic acids is 2. The second-order valence-electron chi connectivity index (χ2n) is 4.95. The fraction of sp³-hybridized carbons (Fsp3) is 0.176. The molecule has 0 aromatic heterocycles. The van der Waals surface area contributed by atoms with Crippen LogP contribution in [0, 0.1) is 6.92 Å². The van der Waals surface area contributed by atoms with Crippen molar-refractivity contribution >= 4 is 41.1 Å². The van der Waals surface area contributed by atoms with E-state index in [0.717, 1.165) is 5.56 Å². The predicted molar refractivity (Wildman–Crippen MR) is 93.7 cm³/mol. The molecular formula is C17H15Cl2NO4. The van der Waals surface area contributed by atoms with E-state index in [2.05, 4.69) is 5.32 Å². The van der Waals surface area contributed by atoms with E-state index in [1.807, 2.05) is 6.92 Å². The highest BCUT2D eigenvalue weighted by molar-refractivity contribution is 6.32. The summed E-state index contributed by atoms with van der Waals surface area (Å²) in [6.07, 6.45) is 0.647. The van der Waals surface area contributed by atoms with Crippen molar-refractivity contribution < 1.29 is 19.1 Å². The lowest BCUT2D eigenvalue weighted by atomic mass is 10.2. The van der Waals surface area contributed by atoms with Crippen LogP contribution in [0.5, 0.6) is 11.5 Å². The van der Waals surface area contributed by atoms with Crippen molar-refractivity contribution in [2.75, 3.05) is 19.0 Å². The average molecular weight is 368 g/mol. The quantitative estimate of drug-likeness (QED) is 0.779. The first-order valence-corrected chi connectivity index (χ1v) is 7.71. The Balaban J connectivity index is 2.07. The number of anilines is 1. The highest BCUT2D eigenvalue weighted by Gasteiger charge is 2.14. The fourth-order valence-electron chi connectivity index (χ4n) is 2.04. The molecule has 126 valence electrons. The summed E-state index contributed by atoms with van der Waals surface area (Å²) in [7, 11) is 1.42. The largest absolute Gasteiger partial charge is 0.493 e. The molecule has 5 nitrogen and oxygen atoms in total. The molecule has 1 amide bonds. The summed E-state index contributed by atoms with van der Waals surface area (Å²) >= 11 is 11.9. The first-order chi connectivity index (χ1) is 11.4. The zero-order chi connectivity index (χ0) is 17.7. The van der Waals surface area contributed by atoms with Crippen LogP contribution < -0.4 is 14.8 Å². The highest BCUT2D eigenvalue weighted by Crippen LogP contribution is 2.36. The SMILES string of the molecule is COc1cc(C=O)cc(Cl)c1OCC(=O)Nc1ccc(Cl)cc1C. The molecule has 0 bridgehead atoms. The van der Waals surface area contributed by atoms with Crippen molar-refractivity contribution in [3.8, 4) is 11.5 Å². The van der Waals surface area contributed by atoms with Crippen LogP contribution in [-0.2, 0) is 4.79 Å². The Kier molecular flexibility index (Phi) is 6.06. The molecule has 1 N–H and O–H groups in total. The van der Waals surface area contributed by atoms with Gasteiger partial charge in [0.25, 0.3) is 5.91 Å². The Morgan fingerprint density at radius 3 is 2.62 bits per heavy atom. The molecule has 0 fully saturated rings. The summed E-state index contributed by atoms with van der Waals surface area (Å²) in [6.45, 7) is 1.57. The first kappa shape index (κ1) is 18.1. The van der Waals surface area contributed by atoms with E-state index < -0.39 is 0 Å². The van der Waals surface area contributed by atoms with E-state index in [-0.39, 0.29) is 29.0 Å². The summed E-state index contributed by atoms with van der Waals surface area (Å²) in [4.78, 5) is 22.9. The maximum absolute atomic E-state index is 12.0. The average Bonchev–Trinajstić information content (AvgIpc) is 2.55. The standard InChI is InChI=1S/C17H15Cl2NO4/c1-10-5-12(18)3-4-14(10)20-16(22)9-24-17-13(19)6-11(8-21)7-15(17)23-2/h3-8H,9H2,1-2H3,(H,20,22). The minimum absolute atomic E-state index is 0.187. The van der Waals surface area contributed by atoms with Gasteiger partial charge in [-0.2, -0.15) is 0 Å². The van der Waals surface area contributed by atoms with Gasteiger partial charge in [-0.25, -0.2) is 0 Å². The van der Waals surface area contributed by atoms with Crippen LogP contribution in [0.25, 0.3) is 0 Å². The van der Waals surface area contributed by atoms with E-state index in [4.69, 9.17) is 32.7 Å². The molecule has 2 rings (SSSR count). The normalized spacial score (nSPS) is 10.2. The van der Waals surface area contributed by atoms with E-state index in [0.29, 0.717) is 22.6 Å². The van der Waals surface area contributed by atoms with Crippen LogP contribution in [0.4, 0.5) is 5.69 Å². The van der Waals surface area contributed by atoms with Crippen molar-refractivity contribution in [2.24, 2.45) is 0 Å². The number of carbonyl (C=O) groups is 2. The number of methoxy groups -OCH3 is 1. The summed E-state index contributed by atoms with van der Waals surface area (Å²) in [5, 5.41) is 3.50. The lowest BCUT2D eigenvalue weighted by molar-refractivity contribution is -0.118. The number of benzene rings is 2. The number of hydrogen-bond acceptors (Lipinski definition) is 4. The Bertz CT molecular complexity index is 777. The lowest BCUT2D eigenvalue weighted by Crippen LogP contribution is -2.21. The zero-order valence-corrected chi connectivity index (χ0v) is 14.6. The van der Waals surface area contributed by atoms with Crippen molar-refractivity contribution in [3.63, 3.8) is 0 Å². The third-order valence-corrected chi connectivity index (χ3v) is 3.71. The molecule has 0 atom stereocenters. The molecule has 2 aromatic carbocycles. The van der Waals surface area contributed by atoms with Crippen molar-refractivity contribution in [1.82, 2.24) is 0 Å². The maximum atomic E-state index is 12.0. The summed E-state index contributed by atoms with van der Waals surface area (Å²) in [6, 6.07) is 8.06. The van der Waals surface area contributed by atoms with E-state index in [1.165, 1.54) is 19.2 Å². The molecule has 0 radical (unpaired) electrons. The van der Waals surface area contributed by atoms with Gasteiger partial charge in [-0.1, -0.05) is 23.2 Å². The smallest absolute Gasteiger partial charge is 0.262 e. The molecule has 0 aliphatic rings. The third-order valence-electron chi connectivity index (χ3n) is 3.20. The Morgan fingerprint density at radius 1 is 1.25 bits per heavy atom.